The Kier molecular flexibility index (Phi) is 4.68. The maximum absolute atomic E-state index is 12.2. The first-order valence-corrected chi connectivity index (χ1v) is 8.04. The maximum atomic E-state index is 12.2. The summed E-state index contributed by atoms with van der Waals surface area (Å²) in [6.45, 7) is 9.09. The van der Waals surface area contributed by atoms with Gasteiger partial charge in [-0.2, -0.15) is 0 Å². The third-order valence-electron chi connectivity index (χ3n) is 3.75. The van der Waals surface area contributed by atoms with Crippen molar-refractivity contribution in [2.45, 2.75) is 50.9 Å². The fourth-order valence-electron chi connectivity index (χ4n) is 2.79. The van der Waals surface area contributed by atoms with E-state index in [-0.39, 0.29) is 0 Å². The minimum atomic E-state index is -0.862. The van der Waals surface area contributed by atoms with Crippen LogP contribution in [-0.2, 0) is 17.6 Å². The highest BCUT2D eigenvalue weighted by Crippen LogP contribution is 2.37. The summed E-state index contributed by atoms with van der Waals surface area (Å²) in [4.78, 5) is 12.2. The van der Waals surface area contributed by atoms with Crippen molar-refractivity contribution in [3.8, 4) is 0 Å². The number of ether oxygens (including phenoxy) is 1. The van der Waals surface area contributed by atoms with Crippen molar-refractivity contribution in [2.24, 2.45) is 0 Å². The predicted molar refractivity (Wildman–Crippen MR) is 89.9 cm³/mol. The number of carbonyl (C=O) groups is 1. The Morgan fingerprint density at radius 2 is 2.18 bits per heavy atom. The van der Waals surface area contributed by atoms with Gasteiger partial charge in [-0.25, -0.2) is 4.79 Å². The van der Waals surface area contributed by atoms with E-state index in [0.717, 1.165) is 15.6 Å². The lowest BCUT2D eigenvalue weighted by Crippen LogP contribution is -2.57. The molecule has 2 unspecified atom stereocenters. The Morgan fingerprint density at radius 3 is 2.73 bits per heavy atom. The number of carbonyl (C=O) groups excluding carboxylic acids is 1. The predicted octanol–water partition coefficient (Wildman–Crippen LogP) is 3.36. The first-order chi connectivity index (χ1) is 10.2. The van der Waals surface area contributed by atoms with Crippen molar-refractivity contribution in [2.75, 3.05) is 0 Å². The molecule has 120 valence electrons. The lowest BCUT2D eigenvalue weighted by atomic mass is 9.89. The van der Waals surface area contributed by atoms with Crippen LogP contribution in [0.5, 0.6) is 0 Å². The topological polar surface area (TPSA) is 58.6 Å². The summed E-state index contributed by atoms with van der Waals surface area (Å²) in [5.41, 5.74) is 0.790. The normalized spacial score (nSPS) is 21.9. The van der Waals surface area contributed by atoms with Gasteiger partial charge in [-0.3, -0.25) is 0 Å². The number of hydrogen-bond donors (Lipinski definition) is 2. The van der Waals surface area contributed by atoms with Crippen LogP contribution < -0.4 is 5.32 Å². The quantitative estimate of drug-likeness (QED) is 0.805. The van der Waals surface area contributed by atoms with Crippen molar-refractivity contribution >= 4 is 22.0 Å². The summed E-state index contributed by atoms with van der Waals surface area (Å²) < 4.78 is 6.32. The number of rotatable bonds is 3. The summed E-state index contributed by atoms with van der Waals surface area (Å²) in [5.74, 6) is 0. The monoisotopic (exact) mass is 367 g/mol. The molecular weight excluding hydrogens is 346 g/mol. The second-order valence-electron chi connectivity index (χ2n) is 6.69. The highest BCUT2D eigenvalue weighted by Gasteiger charge is 2.44. The van der Waals surface area contributed by atoms with E-state index in [1.54, 1.807) is 0 Å². The minimum Gasteiger partial charge on any atom is -0.444 e. The van der Waals surface area contributed by atoms with Crippen LogP contribution in [0.1, 0.15) is 31.9 Å². The van der Waals surface area contributed by atoms with Gasteiger partial charge in [0, 0.05) is 10.9 Å². The number of amides is 1. The van der Waals surface area contributed by atoms with Crippen LogP contribution in [0.25, 0.3) is 0 Å². The molecule has 4 nitrogen and oxygen atoms in total. The zero-order valence-corrected chi connectivity index (χ0v) is 14.7. The van der Waals surface area contributed by atoms with E-state index in [4.69, 9.17) is 4.74 Å². The van der Waals surface area contributed by atoms with Crippen molar-refractivity contribution < 1.29 is 14.6 Å². The molecule has 0 aliphatic heterocycles. The van der Waals surface area contributed by atoms with Gasteiger partial charge < -0.3 is 15.2 Å². The molecule has 5 heteroatoms. The second-order valence-corrected chi connectivity index (χ2v) is 7.55. The van der Waals surface area contributed by atoms with Crippen molar-refractivity contribution in [3.05, 3.63) is 46.5 Å². The number of aliphatic hydroxyl groups excluding tert-OH is 1. The van der Waals surface area contributed by atoms with E-state index in [1.807, 2.05) is 39.0 Å². The van der Waals surface area contributed by atoms with Crippen LogP contribution >= 0.6 is 15.9 Å². The van der Waals surface area contributed by atoms with Crippen LogP contribution in [0.15, 0.2) is 35.3 Å². The molecular formula is C17H22BrNO3. The molecule has 1 aliphatic carbocycles. The van der Waals surface area contributed by atoms with Crippen LogP contribution in [-0.4, -0.2) is 28.4 Å². The maximum Gasteiger partial charge on any atom is 0.408 e. The van der Waals surface area contributed by atoms with Crippen LogP contribution in [0.4, 0.5) is 4.79 Å². The summed E-state index contributed by atoms with van der Waals surface area (Å²) in [5, 5.41) is 13.3. The van der Waals surface area contributed by atoms with E-state index in [0.29, 0.717) is 12.8 Å². The summed E-state index contributed by atoms with van der Waals surface area (Å²) in [6, 6.07) is 5.92. The van der Waals surface area contributed by atoms with Gasteiger partial charge in [0.1, 0.15) is 5.60 Å². The van der Waals surface area contributed by atoms with Crippen molar-refractivity contribution in [3.63, 3.8) is 0 Å². The number of aliphatic hydroxyl groups is 1. The van der Waals surface area contributed by atoms with Gasteiger partial charge in [0.05, 0.1) is 11.6 Å². The molecule has 2 N–H and O–H groups in total. The van der Waals surface area contributed by atoms with Crippen LogP contribution in [0.3, 0.4) is 0 Å². The summed E-state index contributed by atoms with van der Waals surface area (Å²) in [7, 11) is 0. The number of nitrogens with one attached hydrogen (secondary N) is 1. The molecule has 1 aliphatic rings. The summed E-state index contributed by atoms with van der Waals surface area (Å²) in [6.07, 6.45) is 1.12. The molecule has 0 heterocycles. The molecule has 1 aromatic carbocycles. The molecule has 0 radical (unpaired) electrons. The first-order valence-electron chi connectivity index (χ1n) is 7.25. The molecule has 2 atom stereocenters. The number of benzene rings is 1. The van der Waals surface area contributed by atoms with Gasteiger partial charge in [-0.15, -0.1) is 6.58 Å². The highest BCUT2D eigenvalue weighted by molar-refractivity contribution is 9.10. The third kappa shape index (κ3) is 3.52. The highest BCUT2D eigenvalue weighted by atomic mass is 79.9. The lowest BCUT2D eigenvalue weighted by molar-refractivity contribution is 0.0328. The molecule has 2 rings (SSSR count). The van der Waals surface area contributed by atoms with Gasteiger partial charge >= 0.3 is 6.09 Å². The molecule has 0 bridgehead atoms. The van der Waals surface area contributed by atoms with Gasteiger partial charge in [-0.05, 0) is 44.4 Å². The van der Waals surface area contributed by atoms with Crippen molar-refractivity contribution in [1.29, 1.82) is 0 Å². The fraction of sp³-hybridized carbons (Fsp3) is 0.471. The standard InChI is InChI=1S/C17H22BrNO3/c1-5-14(20)17(19-15(21)22-16(2,3)4)9-11-7-6-8-13(18)12(11)10-17/h5-8,14,20H,1,9-10H2,2-4H3,(H,19,21). The molecule has 22 heavy (non-hydrogen) atoms. The number of fused-ring (bicyclic) bond motifs is 1. The van der Waals surface area contributed by atoms with Gasteiger partial charge in [0.2, 0.25) is 0 Å². The van der Waals surface area contributed by atoms with E-state index in [9.17, 15) is 9.90 Å². The minimum absolute atomic E-state index is 0.524. The number of alkyl carbamates (subject to hydrolysis) is 1. The number of halogens is 1. The molecule has 0 saturated heterocycles. The second kappa shape index (κ2) is 6.05. The average Bonchev–Trinajstić information content (AvgIpc) is 2.76. The largest absolute Gasteiger partial charge is 0.444 e. The summed E-state index contributed by atoms with van der Waals surface area (Å²) >= 11 is 3.53. The third-order valence-corrected chi connectivity index (χ3v) is 4.50. The van der Waals surface area contributed by atoms with E-state index < -0.39 is 23.3 Å². The lowest BCUT2D eigenvalue weighted by Gasteiger charge is -2.34. The van der Waals surface area contributed by atoms with E-state index >= 15 is 0 Å². The zero-order valence-electron chi connectivity index (χ0n) is 13.1. The Hall–Kier alpha value is -1.33. The Balaban J connectivity index is 2.27. The van der Waals surface area contributed by atoms with E-state index in [2.05, 4.69) is 27.8 Å². The van der Waals surface area contributed by atoms with E-state index in [1.165, 1.54) is 6.08 Å². The fourth-order valence-corrected chi connectivity index (χ4v) is 3.34. The molecule has 1 aromatic rings. The average molecular weight is 368 g/mol. The Bertz CT molecular complexity index is 594. The molecule has 1 amide bonds. The number of hydrogen-bond acceptors (Lipinski definition) is 3. The van der Waals surface area contributed by atoms with Crippen molar-refractivity contribution in [1.82, 2.24) is 5.32 Å². The van der Waals surface area contributed by atoms with Gasteiger partial charge in [0.15, 0.2) is 0 Å². The van der Waals surface area contributed by atoms with Gasteiger partial charge in [0.25, 0.3) is 0 Å². The van der Waals surface area contributed by atoms with Crippen LogP contribution in [0, 0.1) is 0 Å². The van der Waals surface area contributed by atoms with Crippen LogP contribution in [0.2, 0.25) is 0 Å². The Morgan fingerprint density at radius 1 is 1.50 bits per heavy atom. The zero-order chi connectivity index (χ0) is 16.5. The SMILES string of the molecule is C=CC(O)C1(NC(=O)OC(C)(C)C)Cc2cccc(Br)c2C1. The Labute approximate surface area is 139 Å². The molecule has 0 saturated carbocycles. The molecule has 0 spiro atoms. The molecule has 0 aromatic heterocycles. The smallest absolute Gasteiger partial charge is 0.408 e. The van der Waals surface area contributed by atoms with Gasteiger partial charge in [-0.1, -0.05) is 34.1 Å². The first kappa shape index (κ1) is 17.0. The molecule has 0 fully saturated rings.